The fourth-order valence-corrected chi connectivity index (χ4v) is 6.23. The fraction of sp³-hybridized carbons (Fsp3) is 0.364. The first-order chi connectivity index (χ1) is 22.0. The van der Waals surface area contributed by atoms with E-state index in [0.717, 1.165) is 22.6 Å². The molecular formula is C33H35FN8O4. The maximum absolute atomic E-state index is 15.4. The zero-order valence-corrected chi connectivity index (χ0v) is 26.0. The van der Waals surface area contributed by atoms with Crippen molar-refractivity contribution in [2.75, 3.05) is 31.6 Å². The van der Waals surface area contributed by atoms with Crippen molar-refractivity contribution in [1.82, 2.24) is 29.8 Å². The lowest BCUT2D eigenvalue weighted by Gasteiger charge is -2.42. The van der Waals surface area contributed by atoms with E-state index < -0.39 is 18.0 Å². The highest BCUT2D eigenvalue weighted by Gasteiger charge is 2.38. The number of halogens is 1. The van der Waals surface area contributed by atoms with E-state index in [1.165, 1.54) is 16.9 Å². The van der Waals surface area contributed by atoms with Crippen molar-refractivity contribution in [3.05, 3.63) is 92.3 Å². The second-order valence-corrected chi connectivity index (χ2v) is 13.0. The number of hydrogen-bond donors (Lipinski definition) is 3. The molecule has 5 heterocycles. The first kappa shape index (κ1) is 29.8. The number of rotatable bonds is 5. The van der Waals surface area contributed by atoms with Crippen LogP contribution < -0.4 is 21.8 Å². The molecule has 1 fully saturated rings. The minimum Gasteiger partial charge on any atom is -0.392 e. The van der Waals surface area contributed by atoms with Crippen molar-refractivity contribution < 1.29 is 14.2 Å². The Morgan fingerprint density at radius 3 is 2.67 bits per heavy atom. The summed E-state index contributed by atoms with van der Waals surface area (Å²) in [4.78, 5) is 33.8. The Bertz CT molecular complexity index is 2060. The average Bonchev–Trinajstić information content (AvgIpc) is 3.41. The SMILES string of the molecule is Cn1nc(-c2cccc(-n3ncc4cc(C(C)(C)C)cc(F)c4c3=O)c2CO)cc(NC2=NC3=CNCC(C4COC4)N3C2)c1=O. The molecule has 0 spiro atoms. The molecule has 1 unspecified atom stereocenters. The summed E-state index contributed by atoms with van der Waals surface area (Å²) in [5.74, 6) is 1.20. The van der Waals surface area contributed by atoms with Crippen molar-refractivity contribution >= 4 is 22.3 Å². The van der Waals surface area contributed by atoms with Crippen LogP contribution in [0, 0.1) is 11.7 Å². The van der Waals surface area contributed by atoms with Gasteiger partial charge in [-0.05, 0) is 35.2 Å². The number of aliphatic hydroxyl groups is 1. The summed E-state index contributed by atoms with van der Waals surface area (Å²) in [6.07, 6.45) is 3.33. The Balaban J connectivity index is 1.25. The number of fused-ring (bicyclic) bond motifs is 2. The fourth-order valence-electron chi connectivity index (χ4n) is 6.23. The van der Waals surface area contributed by atoms with Crippen LogP contribution in [0.4, 0.5) is 10.1 Å². The standard InChI is InChI=1S/C33H35FN8O4/c1-33(2,3)20-8-18-11-36-42(32(45)30(18)23(34)9-20)26-7-5-6-21(22(26)15-43)24-10-25(31(44)40(4)39-24)37-28-14-41-27(19-16-46-17-19)12-35-13-29(41)38-28/h5-11,13,19,27,35,43H,12,14-17H2,1-4H3,(H,37,38). The van der Waals surface area contributed by atoms with Gasteiger partial charge in [0.2, 0.25) is 0 Å². The van der Waals surface area contributed by atoms with Gasteiger partial charge in [0.25, 0.3) is 11.1 Å². The molecule has 2 aromatic carbocycles. The monoisotopic (exact) mass is 626 g/mol. The molecule has 0 amide bonds. The second kappa shape index (κ2) is 11.2. The topological polar surface area (TPSA) is 139 Å². The highest BCUT2D eigenvalue weighted by molar-refractivity contribution is 5.99. The van der Waals surface area contributed by atoms with Crippen LogP contribution in [0.5, 0.6) is 0 Å². The largest absolute Gasteiger partial charge is 0.392 e. The van der Waals surface area contributed by atoms with Gasteiger partial charge in [-0.15, -0.1) is 0 Å². The van der Waals surface area contributed by atoms with Crippen molar-refractivity contribution in [3.8, 4) is 16.9 Å². The molecule has 1 saturated heterocycles. The van der Waals surface area contributed by atoms with Gasteiger partial charge in [0.15, 0.2) is 0 Å². The highest BCUT2D eigenvalue weighted by Crippen LogP contribution is 2.31. The lowest BCUT2D eigenvalue weighted by molar-refractivity contribution is -0.0671. The third kappa shape index (κ3) is 5.05. The van der Waals surface area contributed by atoms with E-state index in [2.05, 4.69) is 25.7 Å². The molecular weight excluding hydrogens is 591 g/mol. The molecule has 46 heavy (non-hydrogen) atoms. The predicted molar refractivity (Wildman–Crippen MR) is 172 cm³/mol. The van der Waals surface area contributed by atoms with Gasteiger partial charge in [-0.1, -0.05) is 32.9 Å². The molecule has 0 radical (unpaired) electrons. The van der Waals surface area contributed by atoms with Gasteiger partial charge in [0.1, 0.15) is 23.2 Å². The lowest BCUT2D eigenvalue weighted by Crippen LogP contribution is -2.54. The van der Waals surface area contributed by atoms with E-state index in [0.29, 0.717) is 53.7 Å². The molecule has 238 valence electrons. The average molecular weight is 627 g/mol. The second-order valence-electron chi connectivity index (χ2n) is 13.0. The number of aliphatic hydroxyl groups excluding tert-OH is 1. The number of nitrogens with zero attached hydrogens (tertiary/aromatic N) is 6. The molecule has 3 N–H and O–H groups in total. The minimum absolute atomic E-state index is 0.0879. The molecule has 4 aromatic rings. The Morgan fingerprint density at radius 1 is 1.15 bits per heavy atom. The maximum Gasteiger partial charge on any atom is 0.290 e. The van der Waals surface area contributed by atoms with Crippen LogP contribution >= 0.6 is 0 Å². The third-order valence-electron chi connectivity index (χ3n) is 8.89. The quantitative estimate of drug-likeness (QED) is 0.305. The Labute approximate surface area is 263 Å². The van der Waals surface area contributed by atoms with E-state index in [1.807, 2.05) is 27.0 Å². The Hall–Kier alpha value is -4.88. The molecule has 0 aliphatic carbocycles. The van der Waals surface area contributed by atoms with E-state index in [9.17, 15) is 14.7 Å². The summed E-state index contributed by atoms with van der Waals surface area (Å²) in [6, 6.07) is 10.1. The van der Waals surface area contributed by atoms with Gasteiger partial charge in [-0.25, -0.2) is 14.1 Å². The van der Waals surface area contributed by atoms with E-state index >= 15 is 4.39 Å². The molecule has 0 saturated carbocycles. The summed E-state index contributed by atoms with van der Waals surface area (Å²) >= 11 is 0. The minimum atomic E-state index is -0.649. The van der Waals surface area contributed by atoms with Crippen LogP contribution in [0.15, 0.2) is 69.2 Å². The summed E-state index contributed by atoms with van der Waals surface area (Å²) in [7, 11) is 1.54. The molecule has 7 rings (SSSR count). The van der Waals surface area contributed by atoms with Gasteiger partial charge in [0, 0.05) is 42.2 Å². The summed E-state index contributed by atoms with van der Waals surface area (Å²) in [5, 5.41) is 26.2. The van der Waals surface area contributed by atoms with E-state index in [4.69, 9.17) is 9.73 Å². The number of aliphatic imine (C=N–C) groups is 1. The van der Waals surface area contributed by atoms with Gasteiger partial charge in [-0.2, -0.15) is 14.9 Å². The molecule has 0 bridgehead atoms. The van der Waals surface area contributed by atoms with Crippen molar-refractivity contribution in [1.29, 1.82) is 0 Å². The first-order valence-electron chi connectivity index (χ1n) is 15.2. The summed E-state index contributed by atoms with van der Waals surface area (Å²) in [5.41, 5.74) is 1.18. The van der Waals surface area contributed by atoms with Gasteiger partial charge < -0.3 is 25.4 Å². The number of aryl methyl sites for hydroxylation is 1. The Morgan fingerprint density at radius 2 is 1.96 bits per heavy atom. The normalized spacial score (nSPS) is 18.1. The smallest absolute Gasteiger partial charge is 0.290 e. The molecule has 3 aliphatic heterocycles. The summed E-state index contributed by atoms with van der Waals surface area (Å²) in [6.45, 7) is 8.18. The maximum atomic E-state index is 15.4. The number of nitrogens with one attached hydrogen (secondary N) is 2. The van der Waals surface area contributed by atoms with Crippen LogP contribution in [0.25, 0.3) is 27.7 Å². The van der Waals surface area contributed by atoms with Gasteiger partial charge in [-0.3, -0.25) is 9.59 Å². The Kier molecular flexibility index (Phi) is 7.24. The highest BCUT2D eigenvalue weighted by atomic mass is 19.1. The van der Waals surface area contributed by atoms with Gasteiger partial charge in [0.05, 0.1) is 55.4 Å². The van der Waals surface area contributed by atoms with E-state index in [1.54, 1.807) is 37.4 Å². The van der Waals surface area contributed by atoms with Crippen LogP contribution in [0.3, 0.4) is 0 Å². The molecule has 2 aromatic heterocycles. The number of ether oxygens (including phenoxy) is 1. The zero-order valence-electron chi connectivity index (χ0n) is 26.0. The van der Waals surface area contributed by atoms with Crippen molar-refractivity contribution in [2.45, 2.75) is 38.8 Å². The van der Waals surface area contributed by atoms with Crippen LogP contribution in [-0.4, -0.2) is 67.7 Å². The number of benzene rings is 2. The molecule has 13 heteroatoms. The summed E-state index contributed by atoms with van der Waals surface area (Å²) < 4.78 is 23.1. The molecule has 12 nitrogen and oxygen atoms in total. The predicted octanol–water partition coefficient (Wildman–Crippen LogP) is 2.62. The van der Waals surface area contributed by atoms with E-state index in [-0.39, 0.29) is 33.8 Å². The first-order valence-corrected chi connectivity index (χ1v) is 15.2. The third-order valence-corrected chi connectivity index (χ3v) is 8.89. The van der Waals surface area contributed by atoms with Crippen molar-refractivity contribution in [3.63, 3.8) is 0 Å². The number of amidine groups is 1. The number of aromatic nitrogens is 4. The number of anilines is 1. The molecule has 3 aliphatic rings. The van der Waals surface area contributed by atoms with Crippen LogP contribution in [0.2, 0.25) is 0 Å². The van der Waals surface area contributed by atoms with Gasteiger partial charge >= 0.3 is 0 Å². The van der Waals surface area contributed by atoms with Crippen LogP contribution in [0.1, 0.15) is 31.9 Å². The molecule has 1 atom stereocenters. The van der Waals surface area contributed by atoms with Crippen molar-refractivity contribution in [2.24, 2.45) is 18.0 Å². The van der Waals surface area contributed by atoms with Crippen LogP contribution in [-0.2, 0) is 23.8 Å². The zero-order chi connectivity index (χ0) is 32.3. The lowest BCUT2D eigenvalue weighted by atomic mass is 9.86. The number of hydrogen-bond acceptors (Lipinski definition) is 10.